The molecule has 0 bridgehead atoms. The number of carbonyl (C=O) groups is 4. The van der Waals surface area contributed by atoms with E-state index >= 15 is 0 Å². The number of aryl methyl sites for hydroxylation is 1. The van der Waals surface area contributed by atoms with Crippen LogP contribution in [0.5, 0.6) is 0 Å². The average Bonchev–Trinajstić information content (AvgIpc) is 2.91. The van der Waals surface area contributed by atoms with Crippen molar-refractivity contribution in [2.45, 2.75) is 19.3 Å². The minimum atomic E-state index is -1.10. The molecule has 214 valence electrons. The summed E-state index contributed by atoms with van der Waals surface area (Å²) in [5.41, 5.74) is 6.74. The van der Waals surface area contributed by atoms with Crippen LogP contribution in [0.4, 0.5) is 14.5 Å². The highest BCUT2D eigenvalue weighted by molar-refractivity contribution is 5.97. The summed E-state index contributed by atoms with van der Waals surface area (Å²) in [7, 11) is 5.59. The van der Waals surface area contributed by atoms with Gasteiger partial charge in [-0.1, -0.05) is 36.4 Å². The Balaban J connectivity index is 0.000000512. The Kier molecular flexibility index (Phi) is 14.2. The van der Waals surface area contributed by atoms with Crippen LogP contribution < -0.4 is 16.4 Å². The highest BCUT2D eigenvalue weighted by atomic mass is 19.1. The molecule has 0 aliphatic heterocycles. The van der Waals surface area contributed by atoms with Crippen molar-refractivity contribution in [1.82, 2.24) is 10.2 Å². The van der Waals surface area contributed by atoms with Gasteiger partial charge in [0, 0.05) is 49.3 Å². The minimum absolute atomic E-state index is 0.0986. The molecule has 0 fully saturated rings. The Hall–Kier alpha value is -4.64. The van der Waals surface area contributed by atoms with E-state index in [0.717, 1.165) is 52.5 Å². The molecule has 11 heteroatoms. The maximum atomic E-state index is 12.6. The number of primary amides is 1. The van der Waals surface area contributed by atoms with E-state index in [1.807, 2.05) is 57.3 Å². The standard InChI is InChI=1S/C21H27N3O3.C7H5F2NO.CH2O/c1-22-20(25)14-16(12-13-24(2)3)23-19-9-5-7-17-15(10-11-21(26)27)6-4-8-18(17)19;8-4-2-1-3-5(9)6(4)7(10)11;1-2/h4-9,14,23H,10-13H2,1-3H3,(H,22,25)(H,26,27);1-3H,(H2,10,11);1H2/b16-14-;;. The fourth-order valence-electron chi connectivity index (χ4n) is 3.60. The lowest BCUT2D eigenvalue weighted by atomic mass is 9.99. The molecule has 0 unspecified atom stereocenters. The summed E-state index contributed by atoms with van der Waals surface area (Å²) >= 11 is 0. The number of nitrogens with zero attached hydrogens (tertiary/aromatic N) is 1. The summed E-state index contributed by atoms with van der Waals surface area (Å²) in [6.07, 6.45) is 2.87. The van der Waals surface area contributed by atoms with Crippen LogP contribution in [0.25, 0.3) is 10.8 Å². The van der Waals surface area contributed by atoms with E-state index in [0.29, 0.717) is 12.8 Å². The van der Waals surface area contributed by atoms with Gasteiger partial charge in [-0.05, 0) is 49.7 Å². The molecular formula is C29H34F2N4O5. The molecule has 0 spiro atoms. The van der Waals surface area contributed by atoms with Crippen LogP contribution in [0.2, 0.25) is 0 Å². The van der Waals surface area contributed by atoms with E-state index < -0.39 is 29.1 Å². The predicted octanol–water partition coefficient (Wildman–Crippen LogP) is 3.73. The number of rotatable bonds is 10. The molecule has 5 N–H and O–H groups in total. The van der Waals surface area contributed by atoms with Crippen molar-refractivity contribution >= 4 is 41.0 Å². The predicted molar refractivity (Wildman–Crippen MR) is 151 cm³/mol. The highest BCUT2D eigenvalue weighted by Crippen LogP contribution is 2.28. The maximum Gasteiger partial charge on any atom is 0.303 e. The average molecular weight is 557 g/mol. The number of anilines is 1. The van der Waals surface area contributed by atoms with Gasteiger partial charge in [-0.25, -0.2) is 8.78 Å². The number of likely N-dealkylation sites (N-methyl/N-ethyl adjacent to an activating group) is 1. The van der Waals surface area contributed by atoms with Crippen molar-refractivity contribution in [3.8, 4) is 0 Å². The number of hydrogen-bond acceptors (Lipinski definition) is 6. The molecule has 0 saturated carbocycles. The van der Waals surface area contributed by atoms with Crippen LogP contribution in [-0.4, -0.2) is 62.3 Å². The normalized spacial score (nSPS) is 10.6. The van der Waals surface area contributed by atoms with Gasteiger partial charge in [0.05, 0.1) is 0 Å². The smallest absolute Gasteiger partial charge is 0.303 e. The van der Waals surface area contributed by atoms with Crippen LogP contribution in [0, 0.1) is 11.6 Å². The van der Waals surface area contributed by atoms with Crippen LogP contribution >= 0.6 is 0 Å². The lowest BCUT2D eigenvalue weighted by Gasteiger charge is -2.17. The Labute approximate surface area is 231 Å². The quantitative estimate of drug-likeness (QED) is 0.279. The van der Waals surface area contributed by atoms with Crippen LogP contribution in [0.1, 0.15) is 28.8 Å². The maximum absolute atomic E-state index is 12.6. The van der Waals surface area contributed by atoms with Gasteiger partial charge in [-0.2, -0.15) is 0 Å². The van der Waals surface area contributed by atoms with E-state index in [-0.39, 0.29) is 12.3 Å². The van der Waals surface area contributed by atoms with E-state index in [2.05, 4.69) is 15.5 Å². The Bertz CT molecular complexity index is 1320. The van der Waals surface area contributed by atoms with Crippen molar-refractivity contribution < 1.29 is 33.1 Å². The van der Waals surface area contributed by atoms with Gasteiger partial charge in [0.25, 0.3) is 5.91 Å². The Morgan fingerprint density at radius 1 is 0.950 bits per heavy atom. The monoisotopic (exact) mass is 556 g/mol. The van der Waals surface area contributed by atoms with E-state index in [9.17, 15) is 23.2 Å². The molecule has 3 aromatic rings. The third-order valence-corrected chi connectivity index (χ3v) is 5.51. The number of fused-ring (bicyclic) bond motifs is 1. The zero-order chi connectivity index (χ0) is 30.2. The van der Waals surface area contributed by atoms with E-state index in [4.69, 9.17) is 15.6 Å². The number of benzene rings is 3. The summed E-state index contributed by atoms with van der Waals surface area (Å²) in [4.78, 5) is 43.2. The summed E-state index contributed by atoms with van der Waals surface area (Å²) in [6.45, 7) is 2.81. The van der Waals surface area contributed by atoms with Crippen molar-refractivity contribution in [2.75, 3.05) is 33.0 Å². The van der Waals surface area contributed by atoms with Crippen molar-refractivity contribution in [1.29, 1.82) is 0 Å². The van der Waals surface area contributed by atoms with Crippen molar-refractivity contribution in [3.63, 3.8) is 0 Å². The Morgan fingerprint density at radius 2 is 1.52 bits per heavy atom. The first-order chi connectivity index (χ1) is 19.0. The number of hydrogen-bond donors (Lipinski definition) is 4. The fraction of sp³-hybridized carbons (Fsp3) is 0.241. The van der Waals surface area contributed by atoms with E-state index in [1.165, 1.54) is 0 Å². The first-order valence-corrected chi connectivity index (χ1v) is 12.1. The highest BCUT2D eigenvalue weighted by Gasteiger charge is 2.13. The molecule has 3 aromatic carbocycles. The van der Waals surface area contributed by atoms with Gasteiger partial charge in [0.15, 0.2) is 0 Å². The first-order valence-electron chi connectivity index (χ1n) is 12.1. The Morgan fingerprint density at radius 3 is 2.05 bits per heavy atom. The molecule has 0 aromatic heterocycles. The number of amides is 2. The number of halogens is 2. The number of nitrogens with one attached hydrogen (secondary N) is 2. The van der Waals surface area contributed by atoms with Crippen LogP contribution in [-0.2, 0) is 20.8 Å². The number of carbonyl (C=O) groups excluding carboxylic acids is 3. The van der Waals surface area contributed by atoms with Gasteiger partial charge in [-0.15, -0.1) is 0 Å². The van der Waals surface area contributed by atoms with Gasteiger partial charge in [0.1, 0.15) is 24.0 Å². The second-order valence-electron chi connectivity index (χ2n) is 8.63. The molecule has 0 radical (unpaired) electrons. The van der Waals surface area contributed by atoms with Gasteiger partial charge in [0.2, 0.25) is 5.91 Å². The minimum Gasteiger partial charge on any atom is -0.481 e. The largest absolute Gasteiger partial charge is 0.481 e. The molecule has 9 nitrogen and oxygen atoms in total. The number of carboxylic acid groups (broad SMARTS) is 1. The van der Waals surface area contributed by atoms with Crippen molar-refractivity contribution in [3.05, 3.63) is 89.1 Å². The second-order valence-corrected chi connectivity index (χ2v) is 8.63. The van der Waals surface area contributed by atoms with Crippen LogP contribution in [0.3, 0.4) is 0 Å². The van der Waals surface area contributed by atoms with Crippen molar-refractivity contribution in [2.24, 2.45) is 5.73 Å². The lowest BCUT2D eigenvalue weighted by Crippen LogP contribution is -2.19. The third-order valence-electron chi connectivity index (χ3n) is 5.51. The van der Waals surface area contributed by atoms with Gasteiger partial charge in [-0.3, -0.25) is 14.4 Å². The summed E-state index contributed by atoms with van der Waals surface area (Å²) in [5.74, 6) is -3.92. The molecule has 0 saturated heterocycles. The summed E-state index contributed by atoms with van der Waals surface area (Å²) < 4.78 is 25.1. The molecular weight excluding hydrogens is 522 g/mol. The molecule has 2 amide bonds. The zero-order valence-corrected chi connectivity index (χ0v) is 22.7. The second kappa shape index (κ2) is 17.0. The molecule has 0 aliphatic carbocycles. The SMILES string of the molecule is C=O.CNC(=O)/C=C(/CCN(C)C)Nc1cccc2c(CCC(=O)O)cccc12.NC(=O)c1c(F)cccc1F. The fourth-order valence-corrected chi connectivity index (χ4v) is 3.60. The number of carboxylic acids is 1. The summed E-state index contributed by atoms with van der Waals surface area (Å²) in [6, 6.07) is 14.9. The molecule has 0 atom stereocenters. The van der Waals surface area contributed by atoms with Gasteiger partial charge >= 0.3 is 5.97 Å². The number of nitrogens with two attached hydrogens (primary N) is 1. The molecule has 3 rings (SSSR count). The third kappa shape index (κ3) is 10.6. The number of aliphatic carboxylic acids is 1. The summed E-state index contributed by atoms with van der Waals surface area (Å²) in [5, 5.41) is 17.0. The van der Waals surface area contributed by atoms with Gasteiger partial charge < -0.3 is 31.2 Å². The topological polar surface area (TPSA) is 142 Å². The molecule has 0 heterocycles. The van der Waals surface area contributed by atoms with Crippen LogP contribution in [0.15, 0.2) is 66.4 Å². The first kappa shape index (κ1) is 33.4. The lowest BCUT2D eigenvalue weighted by molar-refractivity contribution is -0.137. The molecule has 0 aliphatic rings. The zero-order valence-electron chi connectivity index (χ0n) is 22.7. The van der Waals surface area contributed by atoms with E-state index in [1.54, 1.807) is 13.1 Å². The molecule has 40 heavy (non-hydrogen) atoms.